The zero-order chi connectivity index (χ0) is 18.6. The standard InChI is InChI=1S/C17H14ClF3N2O2/c1-10(24)23(16-5-2-11(19)8-15(16)21)7-6-17(25)22-12-3-4-14(20)13(18)9-12/h2-5,8-9H,6-7H2,1H3,(H,22,25). The molecule has 2 aromatic carbocycles. The van der Waals surface area contributed by atoms with Crippen molar-refractivity contribution in [3.05, 3.63) is 58.9 Å². The monoisotopic (exact) mass is 370 g/mol. The molecule has 0 fully saturated rings. The molecule has 0 aliphatic heterocycles. The Hall–Kier alpha value is -2.54. The van der Waals surface area contributed by atoms with Crippen molar-refractivity contribution in [2.24, 2.45) is 0 Å². The molecule has 0 saturated heterocycles. The first-order chi connectivity index (χ1) is 11.8. The zero-order valence-corrected chi connectivity index (χ0v) is 13.9. The van der Waals surface area contributed by atoms with Gasteiger partial charge in [0.1, 0.15) is 17.5 Å². The number of nitrogens with one attached hydrogen (secondary N) is 1. The molecule has 0 heterocycles. The van der Waals surface area contributed by atoms with Crippen molar-refractivity contribution >= 4 is 34.8 Å². The van der Waals surface area contributed by atoms with Gasteiger partial charge in [-0.2, -0.15) is 0 Å². The number of benzene rings is 2. The van der Waals surface area contributed by atoms with Crippen molar-refractivity contribution in [2.45, 2.75) is 13.3 Å². The maximum atomic E-state index is 13.8. The number of hydrogen-bond donors (Lipinski definition) is 1. The van der Waals surface area contributed by atoms with Crippen molar-refractivity contribution in [1.82, 2.24) is 0 Å². The van der Waals surface area contributed by atoms with Crippen LogP contribution in [0.1, 0.15) is 13.3 Å². The lowest BCUT2D eigenvalue weighted by atomic mass is 10.2. The van der Waals surface area contributed by atoms with Crippen LogP contribution >= 0.6 is 11.6 Å². The molecular formula is C17H14ClF3N2O2. The highest BCUT2D eigenvalue weighted by atomic mass is 35.5. The number of anilines is 2. The van der Waals surface area contributed by atoms with E-state index in [0.717, 1.165) is 23.1 Å². The van der Waals surface area contributed by atoms with E-state index in [1.807, 2.05) is 0 Å². The van der Waals surface area contributed by atoms with Crippen molar-refractivity contribution in [3.63, 3.8) is 0 Å². The minimum Gasteiger partial charge on any atom is -0.326 e. The van der Waals surface area contributed by atoms with Crippen molar-refractivity contribution in [1.29, 1.82) is 0 Å². The molecule has 2 amide bonds. The van der Waals surface area contributed by atoms with Crippen molar-refractivity contribution < 1.29 is 22.8 Å². The average molecular weight is 371 g/mol. The second-order valence-corrected chi connectivity index (χ2v) is 5.60. The molecule has 0 unspecified atom stereocenters. The molecule has 0 atom stereocenters. The Labute approximate surface area is 147 Å². The number of carbonyl (C=O) groups is 2. The second kappa shape index (κ2) is 8.02. The summed E-state index contributed by atoms with van der Waals surface area (Å²) in [5.41, 5.74) is 0.172. The van der Waals surface area contributed by atoms with Crippen LogP contribution in [0, 0.1) is 17.5 Å². The SMILES string of the molecule is CC(=O)N(CCC(=O)Nc1ccc(F)c(Cl)c1)c1ccc(F)cc1F. The molecule has 8 heteroatoms. The molecule has 132 valence electrons. The van der Waals surface area contributed by atoms with E-state index in [0.29, 0.717) is 11.8 Å². The first-order valence-electron chi connectivity index (χ1n) is 7.26. The highest BCUT2D eigenvalue weighted by Crippen LogP contribution is 2.22. The predicted molar refractivity (Wildman–Crippen MR) is 89.0 cm³/mol. The summed E-state index contributed by atoms with van der Waals surface area (Å²) in [5, 5.41) is 2.36. The predicted octanol–water partition coefficient (Wildman–Crippen LogP) is 4.14. The second-order valence-electron chi connectivity index (χ2n) is 5.19. The Morgan fingerprint density at radius 2 is 1.80 bits per heavy atom. The summed E-state index contributed by atoms with van der Waals surface area (Å²) in [6.07, 6.45) is -0.147. The fourth-order valence-corrected chi connectivity index (χ4v) is 2.34. The fraction of sp³-hybridized carbons (Fsp3) is 0.176. The van der Waals surface area contributed by atoms with Gasteiger partial charge in [0.2, 0.25) is 11.8 Å². The Bertz CT molecular complexity index is 814. The van der Waals surface area contributed by atoms with Crippen LogP contribution in [-0.2, 0) is 9.59 Å². The largest absolute Gasteiger partial charge is 0.326 e. The van der Waals surface area contributed by atoms with Gasteiger partial charge in [-0.25, -0.2) is 13.2 Å². The lowest BCUT2D eigenvalue weighted by molar-refractivity contribution is -0.117. The molecule has 0 spiro atoms. The van der Waals surface area contributed by atoms with Crippen LogP contribution < -0.4 is 10.2 Å². The van der Waals surface area contributed by atoms with Gasteiger partial charge >= 0.3 is 0 Å². The van der Waals surface area contributed by atoms with Gasteiger partial charge in [0.05, 0.1) is 10.7 Å². The van der Waals surface area contributed by atoms with Crippen LogP contribution in [-0.4, -0.2) is 18.4 Å². The molecule has 4 nitrogen and oxygen atoms in total. The summed E-state index contributed by atoms with van der Waals surface area (Å²) in [4.78, 5) is 24.7. The van der Waals surface area contributed by atoms with Crippen LogP contribution in [0.3, 0.4) is 0 Å². The van der Waals surface area contributed by atoms with E-state index in [-0.39, 0.29) is 23.7 Å². The van der Waals surface area contributed by atoms with Crippen molar-refractivity contribution in [2.75, 3.05) is 16.8 Å². The van der Waals surface area contributed by atoms with Gasteiger partial charge in [0, 0.05) is 31.6 Å². The third-order valence-corrected chi connectivity index (χ3v) is 3.64. The Balaban J connectivity index is 2.04. The fourth-order valence-electron chi connectivity index (χ4n) is 2.16. The van der Waals surface area contributed by atoms with E-state index in [1.54, 1.807) is 0 Å². The lowest BCUT2D eigenvalue weighted by Gasteiger charge is -2.21. The molecule has 0 saturated carbocycles. The molecule has 0 aliphatic carbocycles. The van der Waals surface area contributed by atoms with E-state index in [4.69, 9.17) is 11.6 Å². The number of amides is 2. The summed E-state index contributed by atoms with van der Waals surface area (Å²) < 4.78 is 39.9. The molecule has 25 heavy (non-hydrogen) atoms. The summed E-state index contributed by atoms with van der Waals surface area (Å²) in [6.45, 7) is 1.10. The molecule has 2 aromatic rings. The van der Waals surface area contributed by atoms with E-state index in [1.165, 1.54) is 19.1 Å². The Kier molecular flexibility index (Phi) is 6.03. The van der Waals surface area contributed by atoms with Gasteiger partial charge in [-0.05, 0) is 30.3 Å². The minimum absolute atomic E-state index is 0.112. The van der Waals surface area contributed by atoms with Crippen molar-refractivity contribution in [3.8, 4) is 0 Å². The summed E-state index contributed by atoms with van der Waals surface area (Å²) >= 11 is 5.63. The summed E-state index contributed by atoms with van der Waals surface area (Å²) in [5.74, 6) is -3.26. The number of halogens is 4. The average Bonchev–Trinajstić information content (AvgIpc) is 2.52. The highest BCUT2D eigenvalue weighted by Gasteiger charge is 2.17. The first kappa shape index (κ1) is 18.8. The van der Waals surface area contributed by atoms with Crippen LogP contribution in [0.4, 0.5) is 24.5 Å². The Morgan fingerprint density at radius 1 is 1.08 bits per heavy atom. The minimum atomic E-state index is -0.902. The summed E-state index contributed by atoms with van der Waals surface area (Å²) in [7, 11) is 0. The number of nitrogens with zero attached hydrogens (tertiary/aromatic N) is 1. The maximum Gasteiger partial charge on any atom is 0.226 e. The first-order valence-corrected chi connectivity index (χ1v) is 7.64. The highest BCUT2D eigenvalue weighted by molar-refractivity contribution is 6.31. The molecule has 1 N–H and O–H groups in total. The van der Waals surface area contributed by atoms with Crippen LogP contribution in [0.25, 0.3) is 0 Å². The smallest absolute Gasteiger partial charge is 0.226 e. The van der Waals surface area contributed by atoms with Gasteiger partial charge in [-0.3, -0.25) is 9.59 Å². The van der Waals surface area contributed by atoms with Gasteiger partial charge in [0.25, 0.3) is 0 Å². The van der Waals surface area contributed by atoms with E-state index in [9.17, 15) is 22.8 Å². The van der Waals surface area contributed by atoms with Gasteiger partial charge < -0.3 is 10.2 Å². The van der Waals surface area contributed by atoms with Crippen LogP contribution in [0.15, 0.2) is 36.4 Å². The molecule has 0 aliphatic rings. The normalized spacial score (nSPS) is 10.4. The maximum absolute atomic E-state index is 13.8. The third-order valence-electron chi connectivity index (χ3n) is 3.35. The van der Waals surface area contributed by atoms with E-state index >= 15 is 0 Å². The lowest BCUT2D eigenvalue weighted by Crippen LogP contribution is -2.32. The van der Waals surface area contributed by atoms with Gasteiger partial charge in [-0.15, -0.1) is 0 Å². The van der Waals surface area contributed by atoms with Gasteiger partial charge in [-0.1, -0.05) is 11.6 Å². The Morgan fingerprint density at radius 3 is 2.40 bits per heavy atom. The summed E-state index contributed by atoms with van der Waals surface area (Å²) in [6, 6.07) is 6.50. The van der Waals surface area contributed by atoms with Gasteiger partial charge in [0.15, 0.2) is 0 Å². The topological polar surface area (TPSA) is 49.4 Å². The molecule has 0 bridgehead atoms. The van der Waals surface area contributed by atoms with E-state index in [2.05, 4.69) is 5.32 Å². The number of carbonyl (C=O) groups excluding carboxylic acids is 2. The van der Waals surface area contributed by atoms with E-state index < -0.39 is 29.3 Å². The number of rotatable bonds is 5. The number of hydrogen-bond acceptors (Lipinski definition) is 2. The molecule has 2 rings (SSSR count). The molecule has 0 radical (unpaired) electrons. The molecular weight excluding hydrogens is 357 g/mol. The quantitative estimate of drug-likeness (QED) is 0.860. The van der Waals surface area contributed by atoms with Crippen LogP contribution in [0.2, 0.25) is 5.02 Å². The van der Waals surface area contributed by atoms with Crippen LogP contribution in [0.5, 0.6) is 0 Å². The molecule has 0 aromatic heterocycles. The third kappa shape index (κ3) is 4.96. The zero-order valence-electron chi connectivity index (χ0n) is 13.2.